The quantitative estimate of drug-likeness (QED) is 0.0801. The Labute approximate surface area is 291 Å². The van der Waals surface area contributed by atoms with Crippen molar-refractivity contribution < 1.29 is 66.1 Å². The molecule has 2 fully saturated rings. The predicted molar refractivity (Wildman–Crippen MR) is 175 cm³/mol. The van der Waals surface area contributed by atoms with Crippen molar-refractivity contribution in [2.45, 2.75) is 168 Å². The number of ether oxygens (including phenoxy) is 10. The summed E-state index contributed by atoms with van der Waals surface area (Å²) in [5, 5.41) is 0. The molecule has 0 spiro atoms. The summed E-state index contributed by atoms with van der Waals surface area (Å²) in [4.78, 5) is 35.9. The molecular formula is C35H61FO13. The lowest BCUT2D eigenvalue weighted by atomic mass is 9.92. The van der Waals surface area contributed by atoms with Crippen LogP contribution < -0.4 is 0 Å². The Kier molecular flexibility index (Phi) is 20.1. The van der Waals surface area contributed by atoms with Crippen molar-refractivity contribution in [2.75, 3.05) is 39.6 Å². The molecule has 14 heteroatoms. The summed E-state index contributed by atoms with van der Waals surface area (Å²) >= 11 is 0. The zero-order valence-corrected chi connectivity index (χ0v) is 30.8. The van der Waals surface area contributed by atoms with E-state index < -0.39 is 85.5 Å². The first-order valence-corrected chi connectivity index (χ1v) is 18.0. The van der Waals surface area contributed by atoms with Gasteiger partial charge in [0.05, 0.1) is 6.61 Å². The number of hydrogen-bond acceptors (Lipinski definition) is 13. The Morgan fingerprint density at radius 3 is 1.73 bits per heavy atom. The molecule has 6 unspecified atom stereocenters. The number of carbonyl (C=O) groups is 3. The van der Waals surface area contributed by atoms with Crippen molar-refractivity contribution in [3.8, 4) is 0 Å². The van der Waals surface area contributed by atoms with Crippen LogP contribution >= 0.6 is 0 Å². The SMILES string of the molecule is CCCCOCC1O[C@](C)(O[C@@H]2OC(COC(C)=O)[C@@H](OC(C)=O)C(OC(C)=O)C2F)C(OCCCC)C(OCCCC)[C@@H]1OCCCC. The highest BCUT2D eigenvalue weighted by Gasteiger charge is 2.59. The molecule has 0 aliphatic carbocycles. The van der Waals surface area contributed by atoms with Gasteiger partial charge in [-0.05, 0) is 32.6 Å². The summed E-state index contributed by atoms with van der Waals surface area (Å²) in [6.07, 6.45) is -4.35. The summed E-state index contributed by atoms with van der Waals surface area (Å²) in [6, 6.07) is 0. The van der Waals surface area contributed by atoms with E-state index in [1.165, 1.54) is 6.92 Å². The Bertz CT molecular complexity index is 970. The third-order valence-electron chi connectivity index (χ3n) is 8.20. The van der Waals surface area contributed by atoms with E-state index in [0.717, 1.165) is 65.2 Å². The van der Waals surface area contributed by atoms with E-state index in [1.807, 2.05) is 6.92 Å². The number of halogens is 1. The van der Waals surface area contributed by atoms with Crippen LogP contribution in [0.1, 0.15) is 107 Å². The van der Waals surface area contributed by atoms with Crippen LogP contribution in [0.5, 0.6) is 0 Å². The second-order valence-electron chi connectivity index (χ2n) is 12.7. The fourth-order valence-electron chi connectivity index (χ4n) is 5.69. The lowest BCUT2D eigenvalue weighted by Crippen LogP contribution is -2.69. The van der Waals surface area contributed by atoms with Gasteiger partial charge < -0.3 is 47.4 Å². The van der Waals surface area contributed by atoms with Gasteiger partial charge in [-0.25, -0.2) is 4.39 Å². The molecule has 2 aliphatic rings. The number of hydrogen-bond donors (Lipinski definition) is 0. The second kappa shape index (κ2) is 22.8. The van der Waals surface area contributed by atoms with Crippen LogP contribution in [0.2, 0.25) is 0 Å². The number of esters is 3. The molecule has 0 aromatic rings. The first-order valence-electron chi connectivity index (χ1n) is 18.0. The molecule has 0 saturated carbocycles. The van der Waals surface area contributed by atoms with Gasteiger partial charge in [0.15, 0.2) is 30.5 Å². The second-order valence-corrected chi connectivity index (χ2v) is 12.7. The molecule has 2 aliphatic heterocycles. The zero-order chi connectivity index (χ0) is 36.4. The van der Waals surface area contributed by atoms with E-state index in [4.69, 9.17) is 47.4 Å². The smallest absolute Gasteiger partial charge is 0.303 e. The lowest BCUT2D eigenvalue weighted by Gasteiger charge is -2.53. The molecule has 0 aromatic carbocycles. The van der Waals surface area contributed by atoms with Crippen LogP contribution in [0.3, 0.4) is 0 Å². The van der Waals surface area contributed by atoms with Crippen molar-refractivity contribution >= 4 is 17.9 Å². The molecular weight excluding hydrogens is 647 g/mol. The summed E-state index contributed by atoms with van der Waals surface area (Å²) in [7, 11) is 0. The topological polar surface area (TPSA) is 144 Å². The standard InChI is InChI=1S/C35H61FO13/c1-9-13-17-40-21-27-29(41-18-14-10-2)32(42-19-15-11-3)33(43-20-16-12-4)35(8,48-27)49-34-28(36)31(46-25(7)39)30(45-24(6)38)26(47-34)22-44-23(5)37/h26-34H,9-22H2,1-8H3/t26?,27?,28?,29-,30-,31?,32?,33?,34+,35-/m1/s1. The van der Waals surface area contributed by atoms with E-state index in [2.05, 4.69) is 20.8 Å². The van der Waals surface area contributed by atoms with Gasteiger partial charge in [0.1, 0.15) is 37.1 Å². The molecule has 0 aromatic heterocycles. The Balaban J connectivity index is 2.59. The monoisotopic (exact) mass is 708 g/mol. The average Bonchev–Trinajstić information content (AvgIpc) is 3.03. The first kappa shape index (κ1) is 43.2. The highest BCUT2D eigenvalue weighted by molar-refractivity contribution is 5.67. The van der Waals surface area contributed by atoms with Crippen LogP contribution in [-0.4, -0.2) is 119 Å². The van der Waals surface area contributed by atoms with Crippen LogP contribution in [0.25, 0.3) is 0 Å². The highest BCUT2D eigenvalue weighted by Crippen LogP contribution is 2.40. The van der Waals surface area contributed by atoms with Crippen LogP contribution in [-0.2, 0) is 61.8 Å². The van der Waals surface area contributed by atoms with Crippen LogP contribution in [0.4, 0.5) is 4.39 Å². The fourth-order valence-corrected chi connectivity index (χ4v) is 5.69. The molecule has 13 nitrogen and oxygen atoms in total. The van der Waals surface area contributed by atoms with Crippen molar-refractivity contribution in [3.05, 3.63) is 0 Å². The first-order chi connectivity index (χ1) is 23.4. The minimum Gasteiger partial charge on any atom is -0.463 e. The molecule has 0 N–H and O–H groups in total. The van der Waals surface area contributed by atoms with E-state index in [1.54, 1.807) is 6.92 Å². The maximum absolute atomic E-state index is 16.5. The largest absolute Gasteiger partial charge is 0.463 e. The number of carbonyl (C=O) groups excluding carboxylic acids is 3. The molecule has 49 heavy (non-hydrogen) atoms. The van der Waals surface area contributed by atoms with E-state index in [0.29, 0.717) is 26.4 Å². The highest BCUT2D eigenvalue weighted by atomic mass is 19.1. The molecule has 286 valence electrons. The number of alkyl halides is 1. The number of rotatable bonds is 23. The van der Waals surface area contributed by atoms with Gasteiger partial charge in [0, 0.05) is 47.2 Å². The molecule has 0 radical (unpaired) electrons. The third-order valence-corrected chi connectivity index (χ3v) is 8.20. The summed E-state index contributed by atoms with van der Waals surface area (Å²) in [6.45, 7) is 14.7. The van der Waals surface area contributed by atoms with Crippen molar-refractivity contribution in [3.63, 3.8) is 0 Å². The number of unbranched alkanes of at least 4 members (excludes halogenated alkanes) is 4. The maximum Gasteiger partial charge on any atom is 0.303 e. The van der Waals surface area contributed by atoms with Crippen molar-refractivity contribution in [2.24, 2.45) is 0 Å². The lowest BCUT2D eigenvalue weighted by molar-refractivity contribution is -0.420. The zero-order valence-electron chi connectivity index (χ0n) is 30.8. The normalized spacial score (nSPS) is 31.7. The van der Waals surface area contributed by atoms with Crippen molar-refractivity contribution in [1.29, 1.82) is 0 Å². The Morgan fingerprint density at radius 2 is 1.18 bits per heavy atom. The van der Waals surface area contributed by atoms with E-state index in [9.17, 15) is 14.4 Å². The molecule has 0 amide bonds. The van der Waals surface area contributed by atoms with E-state index >= 15 is 4.39 Å². The maximum atomic E-state index is 16.5. The summed E-state index contributed by atoms with van der Waals surface area (Å²) in [5.41, 5.74) is 0. The third kappa shape index (κ3) is 14.0. The van der Waals surface area contributed by atoms with Crippen LogP contribution in [0.15, 0.2) is 0 Å². The van der Waals surface area contributed by atoms with Gasteiger partial charge in [0.25, 0.3) is 0 Å². The molecule has 10 atom stereocenters. The molecule has 2 saturated heterocycles. The van der Waals surface area contributed by atoms with Gasteiger partial charge in [-0.2, -0.15) is 0 Å². The minimum absolute atomic E-state index is 0.148. The van der Waals surface area contributed by atoms with Gasteiger partial charge >= 0.3 is 17.9 Å². The van der Waals surface area contributed by atoms with Crippen LogP contribution in [0, 0.1) is 0 Å². The minimum atomic E-state index is -2.16. The Morgan fingerprint density at radius 1 is 0.653 bits per heavy atom. The summed E-state index contributed by atoms with van der Waals surface area (Å²) < 4.78 is 76.9. The molecule has 2 rings (SSSR count). The average molecular weight is 709 g/mol. The summed E-state index contributed by atoms with van der Waals surface area (Å²) in [5.74, 6) is -3.94. The van der Waals surface area contributed by atoms with E-state index in [-0.39, 0.29) is 6.61 Å². The van der Waals surface area contributed by atoms with Crippen molar-refractivity contribution in [1.82, 2.24) is 0 Å². The van der Waals surface area contributed by atoms with Gasteiger partial charge in [0.2, 0.25) is 0 Å². The molecule has 0 bridgehead atoms. The molecule has 2 heterocycles. The predicted octanol–water partition coefficient (Wildman–Crippen LogP) is 4.98. The van der Waals surface area contributed by atoms with Gasteiger partial charge in [-0.1, -0.05) is 53.4 Å². The van der Waals surface area contributed by atoms with Gasteiger partial charge in [-0.15, -0.1) is 0 Å². The fraction of sp³-hybridized carbons (Fsp3) is 0.914. The Hall–Kier alpha value is -1.94. The van der Waals surface area contributed by atoms with Gasteiger partial charge in [-0.3, -0.25) is 14.4 Å².